The molecule has 88 valence electrons. The Morgan fingerprint density at radius 1 is 1.00 bits per heavy atom. The Kier molecular flexibility index (Phi) is 6.08. The second-order valence-corrected chi connectivity index (χ2v) is 5.28. The quantitative estimate of drug-likeness (QED) is 0.802. The van der Waals surface area contributed by atoms with Crippen molar-refractivity contribution in [3.8, 4) is 11.1 Å². The summed E-state index contributed by atoms with van der Waals surface area (Å²) in [5.41, 5.74) is 2.29. The van der Waals surface area contributed by atoms with E-state index < -0.39 is 5.97 Å². The van der Waals surface area contributed by atoms with E-state index in [9.17, 15) is 4.79 Å². The van der Waals surface area contributed by atoms with Gasteiger partial charge in [-0.15, -0.1) is 0 Å². The van der Waals surface area contributed by atoms with Gasteiger partial charge in [-0.25, -0.2) is 4.79 Å². The first-order valence-electron chi connectivity index (χ1n) is 4.87. The molecule has 0 aliphatic heterocycles. The summed E-state index contributed by atoms with van der Waals surface area (Å²) in [5.74, 6) is -0.912. The van der Waals surface area contributed by atoms with Crippen LogP contribution in [0.4, 0.5) is 0 Å². The van der Waals surface area contributed by atoms with Gasteiger partial charge in [0.25, 0.3) is 0 Å². The maximum atomic E-state index is 10.8. The Labute approximate surface area is 144 Å². The fraction of sp³-hybridized carbons (Fsp3) is 0. The normalized spacial score (nSPS) is 9.67. The number of rotatable bonds is 2. The van der Waals surface area contributed by atoms with Gasteiger partial charge >= 0.3 is 35.5 Å². The third-order valence-electron chi connectivity index (χ3n) is 2.37. The Morgan fingerprint density at radius 2 is 1.61 bits per heavy atom. The summed E-state index contributed by atoms with van der Waals surface area (Å²) in [6, 6.07) is 12.7. The Bertz CT molecular complexity index is 568. The van der Waals surface area contributed by atoms with Crippen LogP contribution >= 0.6 is 31.9 Å². The number of halogens is 2. The molecule has 0 saturated carbocycles. The van der Waals surface area contributed by atoms with Gasteiger partial charge < -0.3 is 5.11 Å². The molecule has 2 rings (SSSR count). The molecule has 1 N–H and O–H groups in total. The third-order valence-corrected chi connectivity index (χ3v) is 3.56. The molecule has 2 aromatic carbocycles. The molecule has 0 atom stereocenters. The van der Waals surface area contributed by atoms with E-state index in [0.29, 0.717) is 5.56 Å². The number of benzene rings is 2. The first kappa shape index (κ1) is 15.9. The van der Waals surface area contributed by atoms with E-state index in [1.807, 2.05) is 18.2 Å². The molecule has 0 fully saturated rings. The molecule has 0 radical (unpaired) electrons. The first-order chi connectivity index (χ1) is 8.08. The maximum absolute atomic E-state index is 10.8. The van der Waals surface area contributed by atoms with Gasteiger partial charge in [-0.2, -0.15) is 0 Å². The number of aromatic carboxylic acids is 1. The molecule has 0 aliphatic carbocycles. The number of carboxylic acid groups (broad SMARTS) is 1. The van der Waals surface area contributed by atoms with Crippen LogP contribution in [0.15, 0.2) is 51.4 Å². The van der Waals surface area contributed by atoms with Gasteiger partial charge in [0.15, 0.2) is 0 Å². The number of carbonyl (C=O) groups is 1. The molecule has 0 aliphatic rings. The fourth-order valence-corrected chi connectivity index (χ4v) is 2.35. The monoisotopic (exact) mass is 378 g/mol. The summed E-state index contributed by atoms with van der Waals surface area (Å²) in [7, 11) is 0. The Balaban J connectivity index is 0.00000162. The molecule has 0 heterocycles. The van der Waals surface area contributed by atoms with Crippen LogP contribution in [-0.2, 0) is 0 Å². The first-order valence-corrected chi connectivity index (χ1v) is 6.45. The van der Waals surface area contributed by atoms with E-state index >= 15 is 0 Å². The molecule has 0 spiro atoms. The van der Waals surface area contributed by atoms with Crippen LogP contribution in [-0.4, -0.2) is 40.6 Å². The zero-order valence-corrected chi connectivity index (χ0v) is 11.8. The molecule has 5 heteroatoms. The van der Waals surface area contributed by atoms with Crippen molar-refractivity contribution in [1.29, 1.82) is 0 Å². The van der Waals surface area contributed by atoms with Gasteiger partial charge in [0, 0.05) is 8.95 Å². The van der Waals surface area contributed by atoms with Crippen LogP contribution in [0.2, 0.25) is 0 Å². The van der Waals surface area contributed by atoms with E-state index in [4.69, 9.17) is 5.11 Å². The molecule has 0 unspecified atom stereocenters. The van der Waals surface area contributed by atoms with Crippen LogP contribution in [0.25, 0.3) is 11.1 Å². The SMILES string of the molecule is O=C(O)c1ccc(-c2cc(Br)ccc2Br)cc1.[NaH]. The van der Waals surface area contributed by atoms with Crippen molar-refractivity contribution in [2.24, 2.45) is 0 Å². The van der Waals surface area contributed by atoms with Crippen LogP contribution < -0.4 is 0 Å². The van der Waals surface area contributed by atoms with Crippen LogP contribution in [0.1, 0.15) is 10.4 Å². The van der Waals surface area contributed by atoms with E-state index in [0.717, 1.165) is 20.1 Å². The zero-order valence-electron chi connectivity index (χ0n) is 8.65. The fourth-order valence-electron chi connectivity index (χ4n) is 1.51. The minimum absolute atomic E-state index is 0. The van der Waals surface area contributed by atoms with Crippen molar-refractivity contribution >= 4 is 67.4 Å². The van der Waals surface area contributed by atoms with Gasteiger partial charge in [-0.1, -0.05) is 44.0 Å². The van der Waals surface area contributed by atoms with Crippen molar-refractivity contribution in [2.75, 3.05) is 0 Å². The van der Waals surface area contributed by atoms with E-state index in [2.05, 4.69) is 31.9 Å². The summed E-state index contributed by atoms with van der Waals surface area (Å²) in [6.07, 6.45) is 0. The Morgan fingerprint density at radius 3 is 2.17 bits per heavy atom. The molecule has 0 amide bonds. The number of carboxylic acids is 1. The van der Waals surface area contributed by atoms with E-state index in [1.165, 1.54) is 0 Å². The molecular weight excluding hydrogens is 371 g/mol. The standard InChI is InChI=1S/C13H8Br2O2.Na.H/c14-10-5-6-12(15)11(7-10)8-1-3-9(4-2-8)13(16)17;;/h1-7H,(H,16,17);;. The minimum atomic E-state index is -0.912. The number of hydrogen-bond acceptors (Lipinski definition) is 1. The molecule has 2 aromatic rings. The summed E-state index contributed by atoms with van der Waals surface area (Å²) in [6.45, 7) is 0. The van der Waals surface area contributed by atoms with Crippen molar-refractivity contribution < 1.29 is 9.90 Å². The molecule has 0 aromatic heterocycles. The molecule has 0 bridgehead atoms. The summed E-state index contributed by atoms with van der Waals surface area (Å²) < 4.78 is 1.96. The summed E-state index contributed by atoms with van der Waals surface area (Å²) in [4.78, 5) is 10.8. The van der Waals surface area contributed by atoms with Gasteiger partial charge in [0.2, 0.25) is 0 Å². The number of hydrogen-bond donors (Lipinski definition) is 1. The van der Waals surface area contributed by atoms with Crippen LogP contribution in [0.5, 0.6) is 0 Å². The van der Waals surface area contributed by atoms with E-state index in [1.54, 1.807) is 24.3 Å². The average molecular weight is 380 g/mol. The van der Waals surface area contributed by atoms with Gasteiger partial charge in [0.05, 0.1) is 5.56 Å². The zero-order chi connectivity index (χ0) is 12.4. The Hall–Kier alpha value is -0.130. The van der Waals surface area contributed by atoms with Crippen LogP contribution in [0, 0.1) is 0 Å². The molecule has 2 nitrogen and oxygen atoms in total. The van der Waals surface area contributed by atoms with Gasteiger partial charge in [-0.3, -0.25) is 0 Å². The predicted octanol–water partition coefficient (Wildman–Crippen LogP) is 3.93. The summed E-state index contributed by atoms with van der Waals surface area (Å²) >= 11 is 6.89. The topological polar surface area (TPSA) is 37.3 Å². The predicted molar refractivity (Wildman–Crippen MR) is 81.4 cm³/mol. The van der Waals surface area contributed by atoms with Gasteiger partial charge in [0.1, 0.15) is 0 Å². The second kappa shape index (κ2) is 6.87. The molecular formula is C13H9Br2NaO2. The molecule has 18 heavy (non-hydrogen) atoms. The van der Waals surface area contributed by atoms with Crippen molar-refractivity contribution in [1.82, 2.24) is 0 Å². The molecule has 0 saturated heterocycles. The summed E-state index contributed by atoms with van der Waals surface area (Å²) in [5, 5.41) is 8.83. The third kappa shape index (κ3) is 3.68. The van der Waals surface area contributed by atoms with E-state index in [-0.39, 0.29) is 29.6 Å². The van der Waals surface area contributed by atoms with Crippen molar-refractivity contribution in [2.45, 2.75) is 0 Å². The van der Waals surface area contributed by atoms with Gasteiger partial charge in [-0.05, 0) is 41.5 Å². The van der Waals surface area contributed by atoms with Crippen molar-refractivity contribution in [3.63, 3.8) is 0 Å². The van der Waals surface area contributed by atoms with Crippen LogP contribution in [0.3, 0.4) is 0 Å². The second-order valence-electron chi connectivity index (χ2n) is 3.51. The average Bonchev–Trinajstić information content (AvgIpc) is 2.32. The van der Waals surface area contributed by atoms with Crippen molar-refractivity contribution in [3.05, 3.63) is 57.0 Å².